The van der Waals surface area contributed by atoms with E-state index in [9.17, 15) is 14.4 Å². The molecule has 3 aromatic heterocycles. The van der Waals surface area contributed by atoms with E-state index in [0.29, 0.717) is 20.8 Å². The predicted octanol–water partition coefficient (Wildman–Crippen LogP) is 4.28. The fourth-order valence-electron chi connectivity index (χ4n) is 4.11. The molecule has 1 aromatic carbocycles. The number of amides is 1. The molecule has 1 N–H and O–H groups in total. The van der Waals surface area contributed by atoms with Gasteiger partial charge >= 0.3 is 5.97 Å². The number of hydrogen-bond acceptors (Lipinski definition) is 8. The van der Waals surface area contributed by atoms with Crippen LogP contribution in [0.1, 0.15) is 40.6 Å². The zero-order valence-corrected chi connectivity index (χ0v) is 20.1. The molecule has 3 heterocycles. The maximum Gasteiger partial charge on any atom is 0.341 e. The molecule has 0 saturated carbocycles. The number of carbonyl (C=O) groups is 2. The zero-order chi connectivity index (χ0) is 23.7. The second-order valence-electron chi connectivity index (χ2n) is 7.93. The van der Waals surface area contributed by atoms with Gasteiger partial charge in [0.1, 0.15) is 11.5 Å². The van der Waals surface area contributed by atoms with Crippen molar-refractivity contribution < 1.29 is 14.3 Å². The van der Waals surface area contributed by atoms with Crippen LogP contribution in [0.15, 0.2) is 41.2 Å². The Hall–Kier alpha value is -3.37. The van der Waals surface area contributed by atoms with Crippen molar-refractivity contribution in [2.75, 3.05) is 11.9 Å². The minimum absolute atomic E-state index is 0.257. The molecule has 1 aliphatic carbocycles. The van der Waals surface area contributed by atoms with Crippen LogP contribution in [0.4, 0.5) is 5.00 Å². The predicted molar refractivity (Wildman–Crippen MR) is 133 cm³/mol. The van der Waals surface area contributed by atoms with E-state index in [1.807, 2.05) is 30.3 Å². The number of esters is 1. The third-order valence-corrected chi connectivity index (χ3v) is 7.95. The number of thiophene rings is 2. The summed E-state index contributed by atoms with van der Waals surface area (Å²) in [5, 5.41) is 11.8. The van der Waals surface area contributed by atoms with Gasteiger partial charge in [0.2, 0.25) is 5.91 Å². The Morgan fingerprint density at radius 3 is 2.74 bits per heavy atom. The monoisotopic (exact) mass is 494 g/mol. The van der Waals surface area contributed by atoms with Gasteiger partial charge in [0.05, 0.1) is 17.6 Å². The van der Waals surface area contributed by atoms with Gasteiger partial charge in [-0.1, -0.05) is 35.5 Å². The summed E-state index contributed by atoms with van der Waals surface area (Å²) in [4.78, 5) is 41.0. The SMILES string of the molecule is CCOC(=O)c1c(NC(=O)Cn2nnc3sc(-c4ccccc4)cc3c2=O)sc2c1CCCC2. The van der Waals surface area contributed by atoms with Crippen molar-refractivity contribution in [3.8, 4) is 10.4 Å². The lowest BCUT2D eigenvalue weighted by molar-refractivity contribution is -0.117. The van der Waals surface area contributed by atoms with Crippen LogP contribution in [0.25, 0.3) is 20.7 Å². The van der Waals surface area contributed by atoms with Gasteiger partial charge < -0.3 is 10.1 Å². The van der Waals surface area contributed by atoms with E-state index in [1.165, 1.54) is 22.7 Å². The summed E-state index contributed by atoms with van der Waals surface area (Å²) in [6, 6.07) is 11.5. The molecule has 0 fully saturated rings. The molecular weight excluding hydrogens is 472 g/mol. The minimum Gasteiger partial charge on any atom is -0.462 e. The molecule has 0 saturated heterocycles. The largest absolute Gasteiger partial charge is 0.462 e. The zero-order valence-electron chi connectivity index (χ0n) is 18.5. The number of rotatable bonds is 6. The average Bonchev–Trinajstić information content (AvgIpc) is 3.43. The average molecular weight is 495 g/mol. The van der Waals surface area contributed by atoms with E-state index >= 15 is 0 Å². The van der Waals surface area contributed by atoms with Gasteiger partial charge in [0.15, 0.2) is 4.83 Å². The molecule has 1 amide bonds. The van der Waals surface area contributed by atoms with Crippen molar-refractivity contribution in [1.82, 2.24) is 15.0 Å². The van der Waals surface area contributed by atoms with Crippen LogP contribution in [0.3, 0.4) is 0 Å². The lowest BCUT2D eigenvalue weighted by Gasteiger charge is -2.12. The smallest absolute Gasteiger partial charge is 0.341 e. The number of fused-ring (bicyclic) bond motifs is 2. The van der Waals surface area contributed by atoms with Gasteiger partial charge in [-0.3, -0.25) is 9.59 Å². The number of anilines is 1. The Labute approximate surface area is 203 Å². The molecule has 34 heavy (non-hydrogen) atoms. The molecule has 174 valence electrons. The van der Waals surface area contributed by atoms with E-state index < -0.39 is 11.9 Å². The van der Waals surface area contributed by atoms with Crippen molar-refractivity contribution in [2.45, 2.75) is 39.2 Å². The van der Waals surface area contributed by atoms with Gasteiger partial charge in [0.25, 0.3) is 5.56 Å². The van der Waals surface area contributed by atoms with Crippen LogP contribution < -0.4 is 10.9 Å². The summed E-state index contributed by atoms with van der Waals surface area (Å²) < 4.78 is 6.29. The second-order valence-corrected chi connectivity index (χ2v) is 10.1. The number of aryl methyl sites for hydroxylation is 1. The molecule has 5 rings (SSSR count). The van der Waals surface area contributed by atoms with Crippen molar-refractivity contribution in [3.05, 3.63) is 62.8 Å². The van der Waals surface area contributed by atoms with Gasteiger partial charge in [-0.2, -0.15) is 0 Å². The van der Waals surface area contributed by atoms with Crippen LogP contribution in [0, 0.1) is 0 Å². The quantitative estimate of drug-likeness (QED) is 0.402. The topological polar surface area (TPSA) is 103 Å². The summed E-state index contributed by atoms with van der Waals surface area (Å²) in [6.07, 6.45) is 3.73. The van der Waals surface area contributed by atoms with Crippen LogP contribution in [-0.4, -0.2) is 33.5 Å². The maximum atomic E-state index is 13.0. The van der Waals surface area contributed by atoms with E-state index in [0.717, 1.165) is 51.2 Å². The lowest BCUT2D eigenvalue weighted by Crippen LogP contribution is -2.30. The van der Waals surface area contributed by atoms with Gasteiger partial charge in [-0.15, -0.1) is 27.8 Å². The van der Waals surface area contributed by atoms with Gasteiger partial charge in [-0.25, -0.2) is 9.48 Å². The molecule has 0 spiro atoms. The highest BCUT2D eigenvalue weighted by Gasteiger charge is 2.27. The first-order valence-corrected chi connectivity index (χ1v) is 12.7. The first-order chi connectivity index (χ1) is 16.5. The highest BCUT2D eigenvalue weighted by molar-refractivity contribution is 7.21. The van der Waals surface area contributed by atoms with Gasteiger partial charge in [-0.05, 0) is 49.8 Å². The molecule has 0 radical (unpaired) electrons. The Morgan fingerprint density at radius 2 is 1.94 bits per heavy atom. The lowest BCUT2D eigenvalue weighted by atomic mass is 9.95. The van der Waals surface area contributed by atoms with Gasteiger partial charge in [0, 0.05) is 9.75 Å². The molecule has 10 heteroatoms. The fraction of sp³-hybridized carbons (Fsp3) is 0.292. The molecule has 8 nitrogen and oxygen atoms in total. The van der Waals surface area contributed by atoms with Crippen molar-refractivity contribution >= 4 is 49.8 Å². The van der Waals surface area contributed by atoms with Crippen molar-refractivity contribution in [3.63, 3.8) is 0 Å². The summed E-state index contributed by atoms with van der Waals surface area (Å²) in [5.41, 5.74) is 2.02. The first kappa shape index (κ1) is 22.4. The molecular formula is C24H22N4O4S2. The normalized spacial score (nSPS) is 13.0. The van der Waals surface area contributed by atoms with E-state index in [2.05, 4.69) is 15.6 Å². The molecule has 0 atom stereocenters. The molecule has 0 unspecified atom stereocenters. The first-order valence-electron chi connectivity index (χ1n) is 11.1. The Morgan fingerprint density at radius 1 is 1.15 bits per heavy atom. The number of aromatic nitrogens is 3. The van der Waals surface area contributed by atoms with Crippen LogP contribution >= 0.6 is 22.7 Å². The Balaban J connectivity index is 1.40. The number of hydrogen-bond donors (Lipinski definition) is 1. The van der Waals surface area contributed by atoms with E-state index in [4.69, 9.17) is 4.74 Å². The fourth-order valence-corrected chi connectivity index (χ4v) is 6.37. The maximum absolute atomic E-state index is 13.0. The van der Waals surface area contributed by atoms with Crippen molar-refractivity contribution in [2.24, 2.45) is 0 Å². The highest BCUT2D eigenvalue weighted by atomic mass is 32.1. The standard InChI is InChI=1S/C24H22N4O4S2/c1-2-32-24(31)20-15-10-6-7-11-17(15)33-22(20)25-19(29)13-28-23(30)16-12-18(34-21(16)26-27-28)14-8-4-3-5-9-14/h3-5,8-9,12H,2,6-7,10-11,13H2,1H3,(H,25,29). The number of benzene rings is 1. The van der Waals surface area contributed by atoms with E-state index in [1.54, 1.807) is 13.0 Å². The number of nitrogens with zero attached hydrogens (tertiary/aromatic N) is 3. The number of nitrogens with one attached hydrogen (secondary N) is 1. The van der Waals surface area contributed by atoms with Crippen LogP contribution in [0.5, 0.6) is 0 Å². The Kier molecular flexibility index (Phi) is 6.25. The molecule has 0 bridgehead atoms. The molecule has 4 aromatic rings. The summed E-state index contributed by atoms with van der Waals surface area (Å²) >= 11 is 2.79. The summed E-state index contributed by atoms with van der Waals surface area (Å²) in [5.74, 6) is -0.874. The van der Waals surface area contributed by atoms with Crippen LogP contribution in [-0.2, 0) is 28.9 Å². The van der Waals surface area contributed by atoms with E-state index in [-0.39, 0.29) is 18.7 Å². The third-order valence-electron chi connectivity index (χ3n) is 5.68. The number of carbonyl (C=O) groups excluding carboxylic acids is 2. The highest BCUT2D eigenvalue weighted by Crippen LogP contribution is 2.38. The Bertz CT molecular complexity index is 1440. The second kappa shape index (κ2) is 9.47. The van der Waals surface area contributed by atoms with Crippen LogP contribution in [0.2, 0.25) is 0 Å². The molecule has 1 aliphatic rings. The summed E-state index contributed by atoms with van der Waals surface area (Å²) in [7, 11) is 0. The number of ether oxygens (including phenoxy) is 1. The minimum atomic E-state index is -0.446. The molecule has 0 aliphatic heterocycles. The van der Waals surface area contributed by atoms with Crippen molar-refractivity contribution in [1.29, 1.82) is 0 Å². The third kappa shape index (κ3) is 4.26. The summed E-state index contributed by atoms with van der Waals surface area (Å²) in [6.45, 7) is 1.71.